The van der Waals surface area contributed by atoms with E-state index in [1.165, 1.54) is 13.2 Å². The Balaban J connectivity index is 2.33. The number of ether oxygens (including phenoxy) is 2. The molecule has 7 nitrogen and oxygen atoms in total. The molecule has 1 saturated heterocycles. The first-order chi connectivity index (χ1) is 12.0. The van der Waals surface area contributed by atoms with E-state index in [1.807, 2.05) is 0 Å². The normalized spacial score (nSPS) is 18.4. The number of nitro groups is 1. The van der Waals surface area contributed by atoms with Crippen molar-refractivity contribution >= 4 is 5.69 Å². The molecule has 1 aliphatic rings. The monoisotopic (exact) mass is 360 g/mol. The molecule has 9 heteroatoms. The molecule has 0 radical (unpaired) electrons. The van der Waals surface area contributed by atoms with Gasteiger partial charge in [-0.05, 0) is 31.9 Å². The lowest BCUT2D eigenvalue weighted by molar-refractivity contribution is -0.385. The summed E-state index contributed by atoms with van der Waals surface area (Å²) in [5, 5.41) is 20.6. The molecular formula is C16H22F2N2O5. The van der Waals surface area contributed by atoms with Crippen LogP contribution in [-0.2, 0) is 6.54 Å². The Bertz CT molecular complexity index is 598. The van der Waals surface area contributed by atoms with Crippen LogP contribution in [0.25, 0.3) is 0 Å². The minimum absolute atomic E-state index is 0.0246. The summed E-state index contributed by atoms with van der Waals surface area (Å²) < 4.78 is 34.4. The van der Waals surface area contributed by atoms with Crippen LogP contribution >= 0.6 is 0 Å². The van der Waals surface area contributed by atoms with Crippen LogP contribution < -0.4 is 9.47 Å². The molecule has 1 atom stereocenters. The van der Waals surface area contributed by atoms with Crippen molar-refractivity contribution in [2.75, 3.05) is 20.3 Å². The van der Waals surface area contributed by atoms with E-state index in [0.29, 0.717) is 12.0 Å². The zero-order valence-electron chi connectivity index (χ0n) is 14.0. The number of benzene rings is 1. The van der Waals surface area contributed by atoms with Crippen molar-refractivity contribution in [3.05, 3.63) is 27.8 Å². The standard InChI is InChI=1S/C16H22F2N2O5/c1-24-14-8-11(10-19-6-3-2-4-12(19)5-7-21)13(20(22)23)9-15(14)25-16(17)18/h8-9,12,16,21H,2-7,10H2,1H3. The van der Waals surface area contributed by atoms with Crippen LogP contribution in [-0.4, -0.2) is 47.8 Å². The molecule has 0 saturated carbocycles. The summed E-state index contributed by atoms with van der Waals surface area (Å²) in [6.07, 6.45) is 3.53. The Morgan fingerprint density at radius 3 is 2.76 bits per heavy atom. The molecule has 0 bridgehead atoms. The fraction of sp³-hybridized carbons (Fsp3) is 0.625. The van der Waals surface area contributed by atoms with Gasteiger partial charge in [-0.3, -0.25) is 15.0 Å². The maximum atomic E-state index is 12.5. The van der Waals surface area contributed by atoms with Crippen LogP contribution in [0.4, 0.5) is 14.5 Å². The first kappa shape index (κ1) is 19.3. The molecule has 0 aromatic heterocycles. The van der Waals surface area contributed by atoms with Crippen LogP contribution in [0.15, 0.2) is 12.1 Å². The van der Waals surface area contributed by atoms with Gasteiger partial charge in [-0.15, -0.1) is 0 Å². The number of methoxy groups -OCH3 is 1. The minimum atomic E-state index is -3.10. The van der Waals surface area contributed by atoms with E-state index < -0.39 is 11.5 Å². The third-order valence-corrected chi connectivity index (χ3v) is 4.36. The summed E-state index contributed by atoms with van der Waals surface area (Å²) in [4.78, 5) is 12.8. The van der Waals surface area contributed by atoms with Gasteiger partial charge in [0.25, 0.3) is 5.69 Å². The van der Waals surface area contributed by atoms with Crippen molar-refractivity contribution in [2.45, 2.75) is 44.9 Å². The fourth-order valence-electron chi connectivity index (χ4n) is 3.20. The predicted molar refractivity (Wildman–Crippen MR) is 86.0 cm³/mol. The SMILES string of the molecule is COc1cc(CN2CCCCC2CCO)c([N+](=O)[O-])cc1OC(F)F. The summed E-state index contributed by atoms with van der Waals surface area (Å²) >= 11 is 0. The Labute approximate surface area is 144 Å². The van der Waals surface area contributed by atoms with Gasteiger partial charge in [0.1, 0.15) is 0 Å². The third kappa shape index (κ3) is 4.99. The van der Waals surface area contributed by atoms with Crippen molar-refractivity contribution in [1.82, 2.24) is 4.90 Å². The number of nitro benzene ring substituents is 1. The Morgan fingerprint density at radius 1 is 1.40 bits per heavy atom. The van der Waals surface area contributed by atoms with Crippen molar-refractivity contribution < 1.29 is 28.3 Å². The second-order valence-corrected chi connectivity index (χ2v) is 5.90. The van der Waals surface area contributed by atoms with E-state index in [-0.39, 0.29) is 36.4 Å². The lowest BCUT2D eigenvalue weighted by atomic mass is 9.98. The molecule has 0 aliphatic carbocycles. The highest BCUT2D eigenvalue weighted by atomic mass is 19.3. The maximum absolute atomic E-state index is 12.5. The van der Waals surface area contributed by atoms with Gasteiger partial charge >= 0.3 is 6.61 Å². The number of nitrogens with zero attached hydrogens (tertiary/aromatic N) is 2. The molecule has 1 unspecified atom stereocenters. The molecule has 140 valence electrons. The van der Waals surface area contributed by atoms with Crippen LogP contribution in [0, 0.1) is 10.1 Å². The summed E-state index contributed by atoms with van der Waals surface area (Å²) in [7, 11) is 1.29. The van der Waals surface area contributed by atoms with Crippen molar-refractivity contribution in [3.63, 3.8) is 0 Å². The molecule has 1 aliphatic heterocycles. The van der Waals surface area contributed by atoms with E-state index >= 15 is 0 Å². The van der Waals surface area contributed by atoms with E-state index in [2.05, 4.69) is 9.64 Å². The van der Waals surface area contributed by atoms with Crippen molar-refractivity contribution in [2.24, 2.45) is 0 Å². The number of aliphatic hydroxyl groups is 1. The lowest BCUT2D eigenvalue weighted by Crippen LogP contribution is -2.39. The number of aliphatic hydroxyl groups excluding tert-OH is 1. The Hall–Kier alpha value is -2.00. The quantitative estimate of drug-likeness (QED) is 0.567. The van der Waals surface area contributed by atoms with Gasteiger partial charge in [0.2, 0.25) is 0 Å². The molecule has 0 spiro atoms. The van der Waals surface area contributed by atoms with Gasteiger partial charge in [0.05, 0.1) is 18.1 Å². The highest BCUT2D eigenvalue weighted by Crippen LogP contribution is 2.37. The molecule has 1 heterocycles. The first-order valence-corrected chi connectivity index (χ1v) is 8.11. The number of hydrogen-bond acceptors (Lipinski definition) is 6. The summed E-state index contributed by atoms with van der Waals surface area (Å²) in [5.74, 6) is -0.338. The van der Waals surface area contributed by atoms with E-state index in [1.54, 1.807) is 0 Å². The van der Waals surface area contributed by atoms with Gasteiger partial charge < -0.3 is 14.6 Å². The Kier molecular flexibility index (Phi) is 6.89. The van der Waals surface area contributed by atoms with Crippen LogP contribution in [0.5, 0.6) is 11.5 Å². The average Bonchev–Trinajstić information content (AvgIpc) is 2.57. The average molecular weight is 360 g/mol. The fourth-order valence-corrected chi connectivity index (χ4v) is 3.20. The third-order valence-electron chi connectivity index (χ3n) is 4.36. The van der Waals surface area contributed by atoms with Crippen LogP contribution in [0.1, 0.15) is 31.2 Å². The topological polar surface area (TPSA) is 85.1 Å². The zero-order valence-corrected chi connectivity index (χ0v) is 14.0. The summed E-state index contributed by atoms with van der Waals surface area (Å²) in [5.41, 5.74) is 0.0816. The number of likely N-dealkylation sites (tertiary alicyclic amines) is 1. The number of halogens is 2. The largest absolute Gasteiger partial charge is 0.493 e. The zero-order chi connectivity index (χ0) is 18.4. The maximum Gasteiger partial charge on any atom is 0.387 e. The molecule has 1 fully saturated rings. The van der Waals surface area contributed by atoms with Crippen LogP contribution in [0.3, 0.4) is 0 Å². The minimum Gasteiger partial charge on any atom is -0.493 e. The molecule has 1 N–H and O–H groups in total. The van der Waals surface area contributed by atoms with Gasteiger partial charge in [-0.2, -0.15) is 8.78 Å². The molecule has 1 aromatic carbocycles. The highest BCUT2D eigenvalue weighted by Gasteiger charge is 2.27. The number of hydrogen-bond donors (Lipinski definition) is 1. The number of alkyl halides is 2. The van der Waals surface area contributed by atoms with E-state index in [0.717, 1.165) is 31.9 Å². The van der Waals surface area contributed by atoms with E-state index in [4.69, 9.17) is 4.74 Å². The molecule has 25 heavy (non-hydrogen) atoms. The predicted octanol–water partition coefficient (Wildman–Crippen LogP) is 2.94. The smallest absolute Gasteiger partial charge is 0.387 e. The van der Waals surface area contributed by atoms with E-state index in [9.17, 15) is 24.0 Å². The van der Waals surface area contributed by atoms with Crippen LogP contribution in [0.2, 0.25) is 0 Å². The van der Waals surface area contributed by atoms with Crippen molar-refractivity contribution in [3.8, 4) is 11.5 Å². The van der Waals surface area contributed by atoms with Gasteiger partial charge in [-0.1, -0.05) is 6.42 Å². The number of rotatable bonds is 8. The first-order valence-electron chi connectivity index (χ1n) is 8.11. The molecule has 2 rings (SSSR count). The van der Waals surface area contributed by atoms with Gasteiger partial charge in [0, 0.05) is 24.8 Å². The second kappa shape index (κ2) is 8.91. The number of piperidine rings is 1. The molecule has 0 amide bonds. The van der Waals surface area contributed by atoms with Gasteiger partial charge in [0.15, 0.2) is 11.5 Å². The van der Waals surface area contributed by atoms with Crippen molar-refractivity contribution in [1.29, 1.82) is 0 Å². The molecule has 1 aromatic rings. The van der Waals surface area contributed by atoms with Gasteiger partial charge in [-0.25, -0.2) is 0 Å². The molecular weight excluding hydrogens is 338 g/mol. The second-order valence-electron chi connectivity index (χ2n) is 5.90. The summed E-state index contributed by atoms with van der Waals surface area (Å²) in [6, 6.07) is 2.49. The summed E-state index contributed by atoms with van der Waals surface area (Å²) in [6.45, 7) is -2.00. The highest BCUT2D eigenvalue weighted by molar-refractivity contribution is 5.54. The Morgan fingerprint density at radius 2 is 2.16 bits per heavy atom. The lowest BCUT2D eigenvalue weighted by Gasteiger charge is -2.35.